The molecule has 0 aliphatic carbocycles. The zero-order valence-electron chi connectivity index (χ0n) is 13.3. The van der Waals surface area contributed by atoms with Crippen LogP contribution in [0.25, 0.3) is 11.0 Å². The van der Waals surface area contributed by atoms with Crippen molar-refractivity contribution in [3.63, 3.8) is 0 Å². The van der Waals surface area contributed by atoms with Crippen LogP contribution in [0.5, 0.6) is 0 Å². The van der Waals surface area contributed by atoms with E-state index in [0.717, 1.165) is 12.1 Å². The summed E-state index contributed by atoms with van der Waals surface area (Å²) in [4.78, 5) is 18.2. The number of fused-ring (bicyclic) bond motifs is 1. The third-order valence-corrected chi connectivity index (χ3v) is 4.41. The predicted octanol–water partition coefficient (Wildman–Crippen LogP) is 4.05. The van der Waals surface area contributed by atoms with Crippen molar-refractivity contribution in [1.82, 2.24) is 9.38 Å². The normalized spacial score (nSPS) is 11.4. The number of aromatic nitrogens is 2. The summed E-state index contributed by atoms with van der Waals surface area (Å²) in [6.45, 7) is 0. The molecular formula is C16H13ClF2N4OS. The minimum atomic E-state index is -0.761. The number of thiazole rings is 1. The van der Waals surface area contributed by atoms with Gasteiger partial charge in [0.05, 0.1) is 5.69 Å². The number of rotatable bonds is 4. The number of nitrogens with zero attached hydrogens (tertiary/aromatic N) is 3. The van der Waals surface area contributed by atoms with Crippen molar-refractivity contribution in [1.29, 1.82) is 0 Å². The van der Waals surface area contributed by atoms with Gasteiger partial charge in [0.25, 0.3) is 0 Å². The van der Waals surface area contributed by atoms with E-state index in [1.165, 1.54) is 42.5 Å². The standard InChI is InChI=1S/C16H13ClF2N4OS/c1-22(2)14-10(18)7-9(8-11(14)19)20-13(24)4-3-12-15(17)21-16-23(12)5-6-25-16/h3-8H,1-2H3,(H,20,24)/b4-3+. The van der Waals surface area contributed by atoms with Crippen molar-refractivity contribution in [3.05, 3.63) is 52.3 Å². The van der Waals surface area contributed by atoms with Crippen LogP contribution in [-0.4, -0.2) is 29.4 Å². The molecule has 0 aliphatic heterocycles. The lowest BCUT2D eigenvalue weighted by Crippen LogP contribution is -2.14. The smallest absolute Gasteiger partial charge is 0.248 e. The monoisotopic (exact) mass is 382 g/mol. The number of carbonyl (C=O) groups excluding carboxylic acids is 1. The first-order valence-electron chi connectivity index (χ1n) is 7.13. The molecule has 1 amide bonds. The second kappa shape index (κ2) is 6.81. The van der Waals surface area contributed by atoms with Crippen molar-refractivity contribution in [2.75, 3.05) is 24.3 Å². The van der Waals surface area contributed by atoms with E-state index in [4.69, 9.17) is 11.6 Å². The first-order chi connectivity index (χ1) is 11.9. The maximum absolute atomic E-state index is 13.9. The van der Waals surface area contributed by atoms with E-state index < -0.39 is 17.5 Å². The van der Waals surface area contributed by atoms with Gasteiger partial charge < -0.3 is 10.2 Å². The quantitative estimate of drug-likeness (QED) is 0.693. The Labute approximate surface area is 151 Å². The molecule has 0 unspecified atom stereocenters. The highest BCUT2D eigenvalue weighted by atomic mass is 35.5. The molecule has 3 rings (SSSR count). The predicted molar refractivity (Wildman–Crippen MR) is 96.4 cm³/mol. The van der Waals surface area contributed by atoms with Crippen LogP contribution in [0.1, 0.15) is 5.69 Å². The van der Waals surface area contributed by atoms with Crippen LogP contribution in [0.15, 0.2) is 29.8 Å². The number of hydrogen-bond acceptors (Lipinski definition) is 4. The minimum Gasteiger partial charge on any atom is -0.373 e. The number of halogens is 3. The molecule has 0 bridgehead atoms. The van der Waals surface area contributed by atoms with Crippen LogP contribution in [-0.2, 0) is 4.79 Å². The number of benzene rings is 1. The van der Waals surface area contributed by atoms with E-state index in [1.807, 2.05) is 5.38 Å². The van der Waals surface area contributed by atoms with Gasteiger partial charge in [0.1, 0.15) is 5.69 Å². The summed E-state index contributed by atoms with van der Waals surface area (Å²) in [5.41, 5.74) is 0.406. The highest BCUT2D eigenvalue weighted by Gasteiger charge is 2.14. The molecule has 9 heteroatoms. The average Bonchev–Trinajstić information content (AvgIpc) is 3.04. The van der Waals surface area contributed by atoms with E-state index in [2.05, 4.69) is 10.3 Å². The average molecular weight is 383 g/mol. The Kier molecular flexibility index (Phi) is 4.73. The van der Waals surface area contributed by atoms with Gasteiger partial charge in [0.2, 0.25) is 5.91 Å². The van der Waals surface area contributed by atoms with Crippen LogP contribution in [0.2, 0.25) is 5.15 Å². The van der Waals surface area contributed by atoms with Crippen LogP contribution in [0, 0.1) is 11.6 Å². The lowest BCUT2D eigenvalue weighted by atomic mass is 10.2. The first-order valence-corrected chi connectivity index (χ1v) is 8.39. The summed E-state index contributed by atoms with van der Waals surface area (Å²) in [6.07, 6.45) is 4.50. The summed E-state index contributed by atoms with van der Waals surface area (Å²) in [6, 6.07) is 2.13. The maximum Gasteiger partial charge on any atom is 0.248 e. The van der Waals surface area contributed by atoms with E-state index in [9.17, 15) is 13.6 Å². The lowest BCUT2D eigenvalue weighted by Gasteiger charge is -2.15. The number of anilines is 2. The second-order valence-corrected chi connectivity index (χ2v) is 6.58. The maximum atomic E-state index is 13.9. The molecule has 0 aliphatic rings. The van der Waals surface area contributed by atoms with Crippen molar-refractivity contribution in [2.24, 2.45) is 0 Å². The lowest BCUT2D eigenvalue weighted by molar-refractivity contribution is -0.111. The van der Waals surface area contributed by atoms with Crippen molar-refractivity contribution < 1.29 is 13.6 Å². The Hall–Kier alpha value is -2.45. The number of hydrogen-bond donors (Lipinski definition) is 1. The number of carbonyl (C=O) groups is 1. The molecule has 0 fully saturated rings. The number of imidazole rings is 1. The summed E-state index contributed by atoms with van der Waals surface area (Å²) in [5.74, 6) is -2.07. The topological polar surface area (TPSA) is 49.6 Å². The summed E-state index contributed by atoms with van der Waals surface area (Å²) >= 11 is 7.44. The molecule has 0 saturated carbocycles. The van der Waals surface area contributed by atoms with Crippen LogP contribution >= 0.6 is 22.9 Å². The van der Waals surface area contributed by atoms with Gasteiger partial charge in [0, 0.05) is 37.4 Å². The molecule has 2 heterocycles. The third kappa shape index (κ3) is 3.49. The molecule has 5 nitrogen and oxygen atoms in total. The van der Waals surface area contributed by atoms with E-state index in [0.29, 0.717) is 10.7 Å². The Morgan fingerprint density at radius 1 is 1.36 bits per heavy atom. The molecule has 2 aromatic heterocycles. The molecule has 0 atom stereocenters. The Morgan fingerprint density at radius 2 is 2.04 bits per heavy atom. The zero-order chi connectivity index (χ0) is 18.1. The largest absolute Gasteiger partial charge is 0.373 e. The fourth-order valence-corrected chi connectivity index (χ4v) is 3.33. The highest BCUT2D eigenvalue weighted by molar-refractivity contribution is 7.15. The summed E-state index contributed by atoms with van der Waals surface area (Å²) < 4.78 is 29.6. The molecule has 130 valence electrons. The highest BCUT2D eigenvalue weighted by Crippen LogP contribution is 2.26. The van der Waals surface area contributed by atoms with Gasteiger partial charge >= 0.3 is 0 Å². The Bertz CT molecular complexity index is 957. The minimum absolute atomic E-state index is 0.0234. The first kappa shape index (κ1) is 17.4. The van der Waals surface area contributed by atoms with Gasteiger partial charge in [-0.1, -0.05) is 11.6 Å². The number of amides is 1. The molecule has 0 saturated heterocycles. The number of nitrogens with one attached hydrogen (secondary N) is 1. The fourth-order valence-electron chi connectivity index (χ4n) is 2.33. The van der Waals surface area contributed by atoms with E-state index in [-0.39, 0.29) is 16.5 Å². The summed E-state index contributed by atoms with van der Waals surface area (Å²) in [5, 5.41) is 4.53. The third-order valence-electron chi connectivity index (χ3n) is 3.38. The Balaban J connectivity index is 1.79. The van der Waals surface area contributed by atoms with Crippen molar-refractivity contribution in [2.45, 2.75) is 0 Å². The molecular weight excluding hydrogens is 370 g/mol. The van der Waals surface area contributed by atoms with Crippen LogP contribution in [0.3, 0.4) is 0 Å². The van der Waals surface area contributed by atoms with Gasteiger partial charge in [-0.2, -0.15) is 0 Å². The van der Waals surface area contributed by atoms with Crippen molar-refractivity contribution in [3.8, 4) is 0 Å². The molecule has 0 spiro atoms. The van der Waals surface area contributed by atoms with Gasteiger partial charge in [-0.05, 0) is 18.2 Å². The van der Waals surface area contributed by atoms with Gasteiger partial charge in [-0.25, -0.2) is 13.8 Å². The molecule has 1 aromatic carbocycles. The summed E-state index contributed by atoms with van der Waals surface area (Å²) in [7, 11) is 3.06. The van der Waals surface area contributed by atoms with E-state index in [1.54, 1.807) is 10.6 Å². The van der Waals surface area contributed by atoms with Gasteiger partial charge in [-0.3, -0.25) is 9.20 Å². The fraction of sp³-hybridized carbons (Fsp3) is 0.125. The van der Waals surface area contributed by atoms with E-state index >= 15 is 0 Å². The van der Waals surface area contributed by atoms with Crippen LogP contribution in [0.4, 0.5) is 20.2 Å². The van der Waals surface area contributed by atoms with Gasteiger partial charge in [0.15, 0.2) is 21.7 Å². The zero-order valence-corrected chi connectivity index (χ0v) is 14.8. The van der Waals surface area contributed by atoms with Gasteiger partial charge in [-0.15, -0.1) is 11.3 Å². The molecule has 25 heavy (non-hydrogen) atoms. The molecule has 1 N–H and O–H groups in total. The second-order valence-electron chi connectivity index (χ2n) is 5.35. The molecule has 0 radical (unpaired) electrons. The van der Waals surface area contributed by atoms with Crippen molar-refractivity contribution >= 4 is 51.3 Å². The molecule has 3 aromatic rings. The Morgan fingerprint density at radius 3 is 2.68 bits per heavy atom. The van der Waals surface area contributed by atoms with Crippen LogP contribution < -0.4 is 10.2 Å². The SMILES string of the molecule is CN(C)c1c(F)cc(NC(=O)/C=C/c2c(Cl)nc3sccn23)cc1F.